The highest BCUT2D eigenvalue weighted by molar-refractivity contribution is 6.30. The lowest BCUT2D eigenvalue weighted by Crippen LogP contribution is -2.33. The Bertz CT molecular complexity index is 903. The number of ether oxygens (including phenoxy) is 1. The van der Waals surface area contributed by atoms with Crippen molar-refractivity contribution >= 4 is 35.1 Å². The van der Waals surface area contributed by atoms with Crippen molar-refractivity contribution in [1.29, 1.82) is 0 Å². The second-order valence-electron chi connectivity index (χ2n) is 7.11. The Hall–Kier alpha value is -2.86. The molecular formula is C22H23ClN2O4. The SMILES string of the molecule is C[C@H](OC(=O)[C@H]1CC(=O)N([C@H](C)c2ccccc2)C1)C(=O)Nc1cccc(Cl)c1. The minimum atomic E-state index is -0.989. The average Bonchev–Trinajstić information content (AvgIpc) is 3.10. The third kappa shape index (κ3) is 5.15. The van der Waals surface area contributed by atoms with E-state index in [2.05, 4.69) is 5.32 Å². The van der Waals surface area contributed by atoms with Crippen LogP contribution in [0.25, 0.3) is 0 Å². The summed E-state index contributed by atoms with van der Waals surface area (Å²) in [5, 5.41) is 3.15. The fraction of sp³-hybridized carbons (Fsp3) is 0.318. The first-order valence-corrected chi connectivity index (χ1v) is 9.84. The van der Waals surface area contributed by atoms with E-state index in [0.29, 0.717) is 10.7 Å². The summed E-state index contributed by atoms with van der Waals surface area (Å²) in [4.78, 5) is 38.9. The molecular weight excluding hydrogens is 392 g/mol. The summed E-state index contributed by atoms with van der Waals surface area (Å²) in [5.41, 5.74) is 1.52. The van der Waals surface area contributed by atoms with Crippen molar-refractivity contribution < 1.29 is 19.1 Å². The Morgan fingerprint density at radius 2 is 1.86 bits per heavy atom. The lowest BCUT2D eigenvalue weighted by atomic mass is 10.1. The first-order valence-electron chi connectivity index (χ1n) is 9.46. The number of anilines is 1. The molecule has 0 aliphatic carbocycles. The van der Waals surface area contributed by atoms with Gasteiger partial charge in [0.1, 0.15) is 0 Å². The van der Waals surface area contributed by atoms with Gasteiger partial charge in [0, 0.05) is 23.7 Å². The molecule has 2 aromatic rings. The summed E-state index contributed by atoms with van der Waals surface area (Å²) >= 11 is 5.90. The smallest absolute Gasteiger partial charge is 0.312 e. The predicted octanol–water partition coefficient (Wildman–Crippen LogP) is 3.82. The number of halogens is 1. The highest BCUT2D eigenvalue weighted by Crippen LogP contribution is 2.29. The van der Waals surface area contributed by atoms with Gasteiger partial charge in [0.2, 0.25) is 5.91 Å². The third-order valence-corrected chi connectivity index (χ3v) is 5.23. The fourth-order valence-corrected chi connectivity index (χ4v) is 3.50. The number of esters is 1. The predicted molar refractivity (Wildman–Crippen MR) is 110 cm³/mol. The minimum Gasteiger partial charge on any atom is -0.452 e. The second-order valence-corrected chi connectivity index (χ2v) is 7.55. The number of hydrogen-bond donors (Lipinski definition) is 1. The van der Waals surface area contributed by atoms with E-state index in [1.807, 2.05) is 37.3 Å². The molecule has 2 aromatic carbocycles. The van der Waals surface area contributed by atoms with Crippen LogP contribution in [0.3, 0.4) is 0 Å². The van der Waals surface area contributed by atoms with Gasteiger partial charge in [-0.05, 0) is 37.6 Å². The first kappa shape index (κ1) is 20.9. The molecule has 1 aliphatic rings. The van der Waals surface area contributed by atoms with Gasteiger partial charge in [0.05, 0.1) is 12.0 Å². The molecule has 0 unspecified atom stereocenters. The van der Waals surface area contributed by atoms with Crippen LogP contribution >= 0.6 is 11.6 Å². The van der Waals surface area contributed by atoms with Gasteiger partial charge in [0.15, 0.2) is 6.10 Å². The summed E-state index contributed by atoms with van der Waals surface area (Å²) in [6.07, 6.45) is -0.907. The molecule has 1 fully saturated rings. The molecule has 1 heterocycles. The van der Waals surface area contributed by atoms with Gasteiger partial charge in [-0.25, -0.2) is 0 Å². The van der Waals surface area contributed by atoms with Gasteiger partial charge in [-0.1, -0.05) is 48.0 Å². The zero-order valence-electron chi connectivity index (χ0n) is 16.3. The summed E-state index contributed by atoms with van der Waals surface area (Å²) in [6.45, 7) is 3.71. The largest absolute Gasteiger partial charge is 0.452 e. The van der Waals surface area contributed by atoms with Crippen LogP contribution in [0.2, 0.25) is 5.02 Å². The van der Waals surface area contributed by atoms with Crippen molar-refractivity contribution in [2.24, 2.45) is 5.92 Å². The maximum Gasteiger partial charge on any atom is 0.312 e. The van der Waals surface area contributed by atoms with Gasteiger partial charge in [-0.2, -0.15) is 0 Å². The monoisotopic (exact) mass is 414 g/mol. The summed E-state index contributed by atoms with van der Waals surface area (Å²) in [6, 6.07) is 16.2. The molecule has 1 N–H and O–H groups in total. The molecule has 0 spiro atoms. The molecule has 1 saturated heterocycles. The van der Waals surface area contributed by atoms with Crippen LogP contribution in [-0.2, 0) is 19.1 Å². The minimum absolute atomic E-state index is 0.0820. The Balaban J connectivity index is 1.56. The van der Waals surface area contributed by atoms with E-state index in [4.69, 9.17) is 16.3 Å². The molecule has 1 aliphatic heterocycles. The molecule has 6 nitrogen and oxygen atoms in total. The number of amides is 2. The fourth-order valence-electron chi connectivity index (χ4n) is 3.31. The van der Waals surface area contributed by atoms with E-state index in [9.17, 15) is 14.4 Å². The molecule has 0 radical (unpaired) electrons. The zero-order chi connectivity index (χ0) is 21.0. The summed E-state index contributed by atoms with van der Waals surface area (Å²) in [7, 11) is 0. The average molecular weight is 415 g/mol. The Morgan fingerprint density at radius 1 is 1.14 bits per heavy atom. The lowest BCUT2D eigenvalue weighted by Gasteiger charge is -2.25. The molecule has 152 valence electrons. The van der Waals surface area contributed by atoms with E-state index in [1.54, 1.807) is 29.2 Å². The maximum absolute atomic E-state index is 12.5. The van der Waals surface area contributed by atoms with Crippen molar-refractivity contribution in [3.63, 3.8) is 0 Å². The van der Waals surface area contributed by atoms with Crippen LogP contribution in [0.4, 0.5) is 5.69 Å². The van der Waals surface area contributed by atoms with Crippen molar-refractivity contribution in [2.75, 3.05) is 11.9 Å². The van der Waals surface area contributed by atoms with E-state index in [-0.39, 0.29) is 24.9 Å². The number of hydrogen-bond acceptors (Lipinski definition) is 4. The number of benzene rings is 2. The van der Waals surface area contributed by atoms with Crippen molar-refractivity contribution in [2.45, 2.75) is 32.4 Å². The number of nitrogens with one attached hydrogen (secondary N) is 1. The maximum atomic E-state index is 12.5. The molecule has 3 rings (SSSR count). The van der Waals surface area contributed by atoms with Crippen molar-refractivity contribution in [1.82, 2.24) is 4.90 Å². The molecule has 2 amide bonds. The number of carbonyl (C=O) groups is 3. The zero-order valence-corrected chi connectivity index (χ0v) is 17.1. The molecule has 7 heteroatoms. The number of rotatable bonds is 6. The second kappa shape index (κ2) is 9.09. The van der Waals surface area contributed by atoms with Gasteiger partial charge >= 0.3 is 5.97 Å². The van der Waals surface area contributed by atoms with E-state index >= 15 is 0 Å². The third-order valence-electron chi connectivity index (χ3n) is 5.00. The first-order chi connectivity index (χ1) is 13.8. The Kier molecular flexibility index (Phi) is 6.54. The van der Waals surface area contributed by atoms with Crippen LogP contribution in [0, 0.1) is 5.92 Å². The lowest BCUT2D eigenvalue weighted by molar-refractivity contribution is -0.157. The Morgan fingerprint density at radius 3 is 2.55 bits per heavy atom. The van der Waals surface area contributed by atoms with Gasteiger partial charge in [0.25, 0.3) is 5.91 Å². The molecule has 3 atom stereocenters. The van der Waals surface area contributed by atoms with Gasteiger partial charge in [-0.15, -0.1) is 0 Å². The van der Waals surface area contributed by atoms with E-state index in [0.717, 1.165) is 5.56 Å². The molecule has 0 aromatic heterocycles. The highest BCUT2D eigenvalue weighted by atomic mass is 35.5. The number of nitrogens with zero attached hydrogens (tertiary/aromatic N) is 1. The molecule has 0 bridgehead atoms. The Labute approximate surface area is 174 Å². The van der Waals surface area contributed by atoms with Crippen LogP contribution in [0.5, 0.6) is 0 Å². The van der Waals surface area contributed by atoms with Gasteiger partial charge in [-0.3, -0.25) is 14.4 Å². The quantitative estimate of drug-likeness (QED) is 0.729. The summed E-state index contributed by atoms with van der Waals surface area (Å²) in [5.74, 6) is -1.69. The standard InChI is InChI=1S/C22H23ClN2O4/c1-14(16-7-4-3-5-8-16)25-13-17(11-20(25)26)22(28)29-15(2)21(27)24-19-10-6-9-18(23)12-19/h3-10,12,14-15,17H,11,13H2,1-2H3,(H,24,27)/t14-,15+,17+/m1/s1. The number of likely N-dealkylation sites (tertiary alicyclic amines) is 1. The van der Waals surface area contributed by atoms with Crippen LogP contribution < -0.4 is 5.32 Å². The van der Waals surface area contributed by atoms with Crippen LogP contribution in [-0.4, -0.2) is 35.3 Å². The van der Waals surface area contributed by atoms with Crippen molar-refractivity contribution in [3.05, 3.63) is 65.2 Å². The number of carbonyl (C=O) groups excluding carboxylic acids is 3. The van der Waals surface area contributed by atoms with E-state index < -0.39 is 23.9 Å². The van der Waals surface area contributed by atoms with Crippen LogP contribution in [0.15, 0.2) is 54.6 Å². The van der Waals surface area contributed by atoms with Crippen molar-refractivity contribution in [3.8, 4) is 0 Å². The van der Waals surface area contributed by atoms with E-state index in [1.165, 1.54) is 6.92 Å². The van der Waals surface area contributed by atoms with Crippen LogP contribution in [0.1, 0.15) is 31.9 Å². The topological polar surface area (TPSA) is 75.7 Å². The normalized spacial score (nSPS) is 18.2. The highest BCUT2D eigenvalue weighted by Gasteiger charge is 2.38. The molecule has 0 saturated carbocycles. The van der Waals surface area contributed by atoms with Gasteiger partial charge < -0.3 is 15.0 Å². The summed E-state index contributed by atoms with van der Waals surface area (Å²) < 4.78 is 5.32. The molecule has 29 heavy (non-hydrogen) atoms.